The van der Waals surface area contributed by atoms with Gasteiger partial charge in [-0.25, -0.2) is 14.2 Å². The van der Waals surface area contributed by atoms with Gasteiger partial charge in [-0.15, -0.1) is 0 Å². The molecule has 0 bridgehead atoms. The molecule has 1 aromatic heterocycles. The fourth-order valence-corrected chi connectivity index (χ4v) is 3.18. The average molecular weight is 529 g/mol. The van der Waals surface area contributed by atoms with E-state index < -0.39 is 11.7 Å². The van der Waals surface area contributed by atoms with Crippen molar-refractivity contribution in [2.75, 3.05) is 37.9 Å². The zero-order valence-corrected chi connectivity index (χ0v) is 22.6. The van der Waals surface area contributed by atoms with Gasteiger partial charge in [0, 0.05) is 45.8 Å². The Labute approximate surface area is 223 Å². The second-order valence-corrected chi connectivity index (χ2v) is 9.38. The van der Waals surface area contributed by atoms with E-state index >= 15 is 0 Å². The summed E-state index contributed by atoms with van der Waals surface area (Å²) in [6, 6.07) is 6.04. The van der Waals surface area contributed by atoms with Crippen molar-refractivity contribution in [3.63, 3.8) is 0 Å². The third kappa shape index (κ3) is 11.9. The Morgan fingerprint density at radius 1 is 1.21 bits per heavy atom. The Morgan fingerprint density at radius 2 is 2.00 bits per heavy atom. The molecule has 4 N–H and O–H groups in total. The molecule has 0 aliphatic rings. The minimum Gasteiger partial charge on any atom is -0.444 e. The number of aromatic nitrogens is 2. The lowest BCUT2D eigenvalue weighted by Gasteiger charge is -2.21. The number of unbranched alkanes of at least 4 members (excludes halogenated alkanes) is 1. The lowest BCUT2D eigenvalue weighted by Crippen LogP contribution is -2.38. The maximum atomic E-state index is 13.4. The van der Waals surface area contributed by atoms with Gasteiger partial charge in [0.2, 0.25) is 11.9 Å². The smallest absolute Gasteiger partial charge is 0.407 e. The largest absolute Gasteiger partial charge is 0.444 e. The number of benzene rings is 1. The van der Waals surface area contributed by atoms with E-state index in [1.54, 1.807) is 46.1 Å². The molecule has 2 aromatic rings. The summed E-state index contributed by atoms with van der Waals surface area (Å²) in [4.78, 5) is 32.5. The van der Waals surface area contributed by atoms with Gasteiger partial charge < -0.3 is 30.7 Å². The lowest BCUT2D eigenvalue weighted by atomic mass is 10.2. The Morgan fingerprint density at radius 3 is 2.68 bits per heavy atom. The molecular weight excluding hydrogens is 491 g/mol. The number of nitrogens with zero attached hydrogens (tertiary/aromatic N) is 2. The summed E-state index contributed by atoms with van der Waals surface area (Å²) < 4.78 is 23.9. The molecule has 0 spiro atoms. The van der Waals surface area contributed by atoms with Crippen molar-refractivity contribution in [1.29, 1.82) is 0 Å². The standard InChI is InChI=1S/C27H37FN6O4/c1-27(2,3)38-26(36)32-18-22(37-5)13-14-23(35)30-15-8-6-7-10-19-17-31-25(34-24(19)29-4)33-21-12-9-11-20(28)16-21/h9,11-12,16-17,22H,6,8,13-15,18H2,1-5H3,(H,30,35)(H,32,36)(H2,29,31,33,34)/t22-/m0/s1. The number of halogens is 1. The summed E-state index contributed by atoms with van der Waals surface area (Å²) in [6.45, 7) is 6.12. The van der Waals surface area contributed by atoms with Crippen LogP contribution in [0.4, 0.5) is 26.6 Å². The highest BCUT2D eigenvalue weighted by molar-refractivity contribution is 5.75. The van der Waals surface area contributed by atoms with Crippen LogP contribution in [0.5, 0.6) is 0 Å². The van der Waals surface area contributed by atoms with Crippen LogP contribution in [-0.2, 0) is 14.3 Å². The van der Waals surface area contributed by atoms with Crippen LogP contribution in [-0.4, -0.2) is 60.9 Å². The Balaban J connectivity index is 1.70. The van der Waals surface area contributed by atoms with E-state index in [-0.39, 0.29) is 30.8 Å². The third-order valence-electron chi connectivity index (χ3n) is 5.03. The molecule has 38 heavy (non-hydrogen) atoms. The number of rotatable bonds is 12. The first kappa shape index (κ1) is 30.3. The van der Waals surface area contributed by atoms with E-state index in [9.17, 15) is 14.0 Å². The fraction of sp³-hybridized carbons (Fsp3) is 0.481. The number of hydrogen-bond acceptors (Lipinski definition) is 8. The number of alkyl carbamates (subject to hydrolysis) is 1. The number of hydrogen-bond donors (Lipinski definition) is 4. The highest BCUT2D eigenvalue weighted by Gasteiger charge is 2.18. The quantitative estimate of drug-likeness (QED) is 0.241. The minimum absolute atomic E-state index is 0.0930. The summed E-state index contributed by atoms with van der Waals surface area (Å²) in [6.07, 6.45) is 2.79. The number of ether oxygens (including phenoxy) is 2. The second-order valence-electron chi connectivity index (χ2n) is 9.38. The Bertz CT molecular complexity index is 1130. The summed E-state index contributed by atoms with van der Waals surface area (Å²) in [7, 11) is 3.27. The molecule has 10 nitrogen and oxygen atoms in total. The highest BCUT2D eigenvalue weighted by Crippen LogP contribution is 2.17. The summed E-state index contributed by atoms with van der Waals surface area (Å²) in [5, 5.41) is 11.5. The van der Waals surface area contributed by atoms with Crippen molar-refractivity contribution >= 4 is 29.5 Å². The predicted molar refractivity (Wildman–Crippen MR) is 145 cm³/mol. The molecule has 0 aliphatic heterocycles. The van der Waals surface area contributed by atoms with Crippen LogP contribution in [0, 0.1) is 17.7 Å². The van der Waals surface area contributed by atoms with E-state index in [2.05, 4.69) is 43.1 Å². The third-order valence-corrected chi connectivity index (χ3v) is 5.03. The van der Waals surface area contributed by atoms with E-state index in [4.69, 9.17) is 9.47 Å². The van der Waals surface area contributed by atoms with Gasteiger partial charge in [-0.1, -0.05) is 17.9 Å². The minimum atomic E-state index is -0.576. The fourth-order valence-electron chi connectivity index (χ4n) is 3.18. The molecule has 1 atom stereocenters. The molecule has 2 amide bonds. The number of nitrogens with one attached hydrogen (secondary N) is 4. The van der Waals surface area contributed by atoms with Gasteiger partial charge in [-0.3, -0.25) is 4.79 Å². The summed E-state index contributed by atoms with van der Waals surface area (Å²) in [5.74, 6) is 6.53. The van der Waals surface area contributed by atoms with Crippen molar-refractivity contribution in [3.8, 4) is 11.8 Å². The number of amides is 2. The van der Waals surface area contributed by atoms with E-state index in [0.29, 0.717) is 48.8 Å². The van der Waals surface area contributed by atoms with Crippen LogP contribution in [0.15, 0.2) is 30.5 Å². The molecule has 0 radical (unpaired) electrons. The van der Waals surface area contributed by atoms with E-state index in [1.165, 1.54) is 19.2 Å². The molecule has 206 valence electrons. The molecule has 0 unspecified atom stereocenters. The van der Waals surface area contributed by atoms with Crippen molar-refractivity contribution in [2.45, 2.75) is 58.2 Å². The zero-order chi connectivity index (χ0) is 28.0. The Kier molecular flexibility index (Phi) is 12.3. The summed E-state index contributed by atoms with van der Waals surface area (Å²) in [5.41, 5.74) is 0.600. The summed E-state index contributed by atoms with van der Waals surface area (Å²) >= 11 is 0. The first-order valence-electron chi connectivity index (χ1n) is 12.4. The molecule has 0 fully saturated rings. The molecule has 0 saturated heterocycles. The number of anilines is 3. The van der Waals surface area contributed by atoms with Gasteiger partial charge in [0.15, 0.2) is 0 Å². The maximum absolute atomic E-state index is 13.4. The predicted octanol–water partition coefficient (Wildman–Crippen LogP) is 3.97. The molecule has 11 heteroatoms. The van der Waals surface area contributed by atoms with Crippen LogP contribution in [0.3, 0.4) is 0 Å². The van der Waals surface area contributed by atoms with Gasteiger partial charge in [-0.05, 0) is 51.8 Å². The van der Waals surface area contributed by atoms with Crippen LogP contribution in [0.25, 0.3) is 0 Å². The van der Waals surface area contributed by atoms with Gasteiger partial charge in [-0.2, -0.15) is 4.98 Å². The molecule has 2 rings (SSSR count). The molecule has 1 aromatic carbocycles. The van der Waals surface area contributed by atoms with Gasteiger partial charge >= 0.3 is 6.09 Å². The second kappa shape index (κ2) is 15.4. The molecule has 0 aliphatic carbocycles. The van der Waals surface area contributed by atoms with Crippen molar-refractivity contribution < 1.29 is 23.5 Å². The monoisotopic (exact) mass is 528 g/mol. The van der Waals surface area contributed by atoms with Crippen molar-refractivity contribution in [3.05, 3.63) is 41.8 Å². The zero-order valence-electron chi connectivity index (χ0n) is 22.6. The van der Waals surface area contributed by atoms with Gasteiger partial charge in [0.05, 0.1) is 17.9 Å². The number of methoxy groups -OCH3 is 1. The van der Waals surface area contributed by atoms with Crippen LogP contribution >= 0.6 is 0 Å². The van der Waals surface area contributed by atoms with Gasteiger partial charge in [0.1, 0.15) is 17.2 Å². The van der Waals surface area contributed by atoms with Crippen molar-refractivity contribution in [1.82, 2.24) is 20.6 Å². The Hall–Kier alpha value is -3.91. The SMILES string of the molecule is CNc1nc(Nc2cccc(F)c2)ncc1C#CCCCNC(=O)CC[C@@H](CNC(=O)OC(C)(C)C)OC. The van der Waals surface area contributed by atoms with Crippen LogP contribution in [0.2, 0.25) is 0 Å². The topological polar surface area (TPSA) is 126 Å². The molecule has 1 heterocycles. The van der Waals surface area contributed by atoms with E-state index in [1.807, 2.05) is 0 Å². The normalized spacial score (nSPS) is 11.5. The van der Waals surface area contributed by atoms with Crippen molar-refractivity contribution in [2.24, 2.45) is 0 Å². The maximum Gasteiger partial charge on any atom is 0.407 e. The number of carbonyl (C=O) groups is 2. The number of carbonyl (C=O) groups excluding carboxylic acids is 2. The van der Waals surface area contributed by atoms with Crippen LogP contribution < -0.4 is 21.3 Å². The first-order valence-corrected chi connectivity index (χ1v) is 12.4. The highest BCUT2D eigenvalue weighted by atomic mass is 19.1. The van der Waals surface area contributed by atoms with Crippen LogP contribution in [0.1, 0.15) is 52.0 Å². The van der Waals surface area contributed by atoms with Gasteiger partial charge in [0.25, 0.3) is 0 Å². The first-order chi connectivity index (χ1) is 18.1. The van der Waals surface area contributed by atoms with E-state index in [0.717, 1.165) is 0 Å². The molecular formula is C27H37FN6O4. The average Bonchev–Trinajstić information content (AvgIpc) is 2.85. The lowest BCUT2D eigenvalue weighted by molar-refractivity contribution is -0.121. The molecule has 0 saturated carbocycles.